The summed E-state index contributed by atoms with van der Waals surface area (Å²) in [5.41, 5.74) is 0.881. The van der Waals surface area contributed by atoms with Crippen LogP contribution in [0.2, 0.25) is 5.15 Å². The van der Waals surface area contributed by atoms with E-state index in [-0.39, 0.29) is 24.4 Å². The van der Waals surface area contributed by atoms with Gasteiger partial charge in [-0.25, -0.2) is 4.98 Å². The second-order valence-corrected chi connectivity index (χ2v) is 6.99. The van der Waals surface area contributed by atoms with Gasteiger partial charge in [0.2, 0.25) is 0 Å². The lowest BCUT2D eigenvalue weighted by molar-refractivity contribution is -0.0408. The molecular weight excluding hydrogens is 404 g/mol. The first-order valence-corrected chi connectivity index (χ1v) is 9.88. The SMILES string of the molecule is O=C(c1ccc(C#Cc2ccccc2)o1)N1CCOC(COc2cccnc2Cl)C1. The molecule has 1 aliphatic heterocycles. The number of morpholine rings is 1. The average Bonchev–Trinajstić information content (AvgIpc) is 3.27. The molecule has 0 spiro atoms. The first-order chi connectivity index (χ1) is 14.7. The van der Waals surface area contributed by atoms with Gasteiger partial charge in [0, 0.05) is 18.3 Å². The van der Waals surface area contributed by atoms with Crippen LogP contribution in [0.3, 0.4) is 0 Å². The minimum atomic E-state index is -0.272. The van der Waals surface area contributed by atoms with Gasteiger partial charge in [-0.2, -0.15) is 0 Å². The third-order valence-electron chi connectivity index (χ3n) is 4.50. The Labute approximate surface area is 179 Å². The van der Waals surface area contributed by atoms with E-state index in [1.54, 1.807) is 35.4 Å². The van der Waals surface area contributed by atoms with Crippen LogP contribution >= 0.6 is 11.6 Å². The number of pyridine rings is 1. The highest BCUT2D eigenvalue weighted by atomic mass is 35.5. The van der Waals surface area contributed by atoms with Crippen LogP contribution in [-0.4, -0.2) is 48.2 Å². The topological polar surface area (TPSA) is 64.8 Å². The van der Waals surface area contributed by atoms with Gasteiger partial charge in [-0.3, -0.25) is 4.79 Å². The van der Waals surface area contributed by atoms with E-state index in [1.165, 1.54) is 0 Å². The zero-order chi connectivity index (χ0) is 20.8. The molecule has 0 bridgehead atoms. The van der Waals surface area contributed by atoms with Crippen LogP contribution < -0.4 is 4.74 Å². The molecule has 0 N–H and O–H groups in total. The van der Waals surface area contributed by atoms with E-state index in [0.717, 1.165) is 5.56 Å². The van der Waals surface area contributed by atoms with Gasteiger partial charge in [-0.1, -0.05) is 35.7 Å². The number of benzene rings is 1. The zero-order valence-electron chi connectivity index (χ0n) is 16.1. The fourth-order valence-electron chi connectivity index (χ4n) is 3.00. The van der Waals surface area contributed by atoms with Crippen LogP contribution in [-0.2, 0) is 4.74 Å². The molecule has 0 aliphatic carbocycles. The summed E-state index contributed by atoms with van der Waals surface area (Å²) < 4.78 is 17.0. The van der Waals surface area contributed by atoms with Gasteiger partial charge in [0.15, 0.2) is 22.4 Å². The van der Waals surface area contributed by atoms with Crippen molar-refractivity contribution in [2.24, 2.45) is 0 Å². The van der Waals surface area contributed by atoms with E-state index in [0.29, 0.717) is 36.4 Å². The fourth-order valence-corrected chi connectivity index (χ4v) is 3.17. The Balaban J connectivity index is 1.36. The summed E-state index contributed by atoms with van der Waals surface area (Å²) in [6, 6.07) is 16.4. The van der Waals surface area contributed by atoms with Crippen molar-refractivity contribution in [3.8, 4) is 17.6 Å². The number of nitrogens with zero attached hydrogens (tertiary/aromatic N) is 2. The Morgan fingerprint density at radius 2 is 2.03 bits per heavy atom. The van der Waals surface area contributed by atoms with E-state index in [2.05, 4.69) is 16.8 Å². The molecule has 4 rings (SSSR count). The second kappa shape index (κ2) is 9.49. The number of ether oxygens (including phenoxy) is 2. The van der Waals surface area contributed by atoms with Crippen molar-refractivity contribution in [3.05, 3.63) is 83.0 Å². The van der Waals surface area contributed by atoms with Gasteiger partial charge < -0.3 is 18.8 Å². The maximum atomic E-state index is 12.8. The molecule has 152 valence electrons. The predicted octanol–water partition coefficient (Wildman–Crippen LogP) is 3.65. The molecule has 1 amide bonds. The van der Waals surface area contributed by atoms with Crippen molar-refractivity contribution < 1.29 is 18.7 Å². The fraction of sp³-hybridized carbons (Fsp3) is 0.217. The molecular formula is C23H19ClN2O4. The van der Waals surface area contributed by atoms with Crippen molar-refractivity contribution in [1.29, 1.82) is 0 Å². The third kappa shape index (κ3) is 5.01. The summed E-state index contributed by atoms with van der Waals surface area (Å²) in [6.07, 6.45) is 1.32. The first kappa shape index (κ1) is 20.0. The number of rotatable bonds is 4. The molecule has 1 aromatic carbocycles. The van der Waals surface area contributed by atoms with Gasteiger partial charge in [-0.05, 0) is 42.3 Å². The van der Waals surface area contributed by atoms with Crippen LogP contribution in [0, 0.1) is 11.8 Å². The number of hydrogen-bond acceptors (Lipinski definition) is 5. The summed E-state index contributed by atoms with van der Waals surface area (Å²) in [4.78, 5) is 18.5. The average molecular weight is 423 g/mol. The van der Waals surface area contributed by atoms with Crippen molar-refractivity contribution >= 4 is 17.5 Å². The molecule has 0 saturated carbocycles. The van der Waals surface area contributed by atoms with Gasteiger partial charge in [0.1, 0.15) is 12.7 Å². The van der Waals surface area contributed by atoms with Crippen LogP contribution in [0.1, 0.15) is 21.9 Å². The lowest BCUT2D eigenvalue weighted by Crippen LogP contribution is -2.47. The highest BCUT2D eigenvalue weighted by molar-refractivity contribution is 6.30. The molecule has 1 fully saturated rings. The van der Waals surface area contributed by atoms with Crippen molar-refractivity contribution in [2.75, 3.05) is 26.3 Å². The third-order valence-corrected chi connectivity index (χ3v) is 4.78. The zero-order valence-corrected chi connectivity index (χ0v) is 16.8. The van der Waals surface area contributed by atoms with E-state index < -0.39 is 0 Å². The van der Waals surface area contributed by atoms with Gasteiger partial charge >= 0.3 is 0 Å². The first-order valence-electron chi connectivity index (χ1n) is 9.50. The van der Waals surface area contributed by atoms with Crippen LogP contribution in [0.5, 0.6) is 5.75 Å². The Kier molecular flexibility index (Phi) is 6.33. The maximum Gasteiger partial charge on any atom is 0.289 e. The number of aromatic nitrogens is 1. The van der Waals surface area contributed by atoms with Crippen LogP contribution in [0.4, 0.5) is 0 Å². The minimum Gasteiger partial charge on any atom is -0.488 e. The molecule has 6 nitrogen and oxygen atoms in total. The van der Waals surface area contributed by atoms with Crippen molar-refractivity contribution in [1.82, 2.24) is 9.88 Å². The summed E-state index contributed by atoms with van der Waals surface area (Å²) in [6.45, 7) is 1.56. The van der Waals surface area contributed by atoms with Gasteiger partial charge in [-0.15, -0.1) is 0 Å². The van der Waals surface area contributed by atoms with Crippen molar-refractivity contribution in [2.45, 2.75) is 6.10 Å². The standard InChI is InChI=1S/C23H19ClN2O4/c24-22-20(7-4-12-25-22)29-16-19-15-26(13-14-28-19)23(27)21-11-10-18(30-21)9-8-17-5-2-1-3-6-17/h1-7,10-12,19H,13-16H2. The monoisotopic (exact) mass is 422 g/mol. The normalized spacial score (nSPS) is 15.9. The highest BCUT2D eigenvalue weighted by Gasteiger charge is 2.27. The summed E-state index contributed by atoms with van der Waals surface area (Å²) in [5, 5.41) is 0.293. The molecule has 1 aliphatic rings. The molecule has 1 unspecified atom stereocenters. The van der Waals surface area contributed by atoms with Crippen LogP contribution in [0.25, 0.3) is 0 Å². The van der Waals surface area contributed by atoms with E-state index in [1.807, 2.05) is 30.3 Å². The lowest BCUT2D eigenvalue weighted by atomic mass is 10.2. The van der Waals surface area contributed by atoms with E-state index >= 15 is 0 Å². The summed E-state index contributed by atoms with van der Waals surface area (Å²) >= 11 is 6.00. The molecule has 2 aromatic heterocycles. The molecule has 1 saturated heterocycles. The molecule has 7 heteroatoms. The second-order valence-electron chi connectivity index (χ2n) is 6.63. The Hall–Kier alpha value is -3.27. The minimum absolute atomic E-state index is 0.199. The molecule has 3 aromatic rings. The number of halogens is 1. The van der Waals surface area contributed by atoms with Gasteiger partial charge in [0.05, 0.1) is 13.2 Å². The predicted molar refractivity (Wildman–Crippen MR) is 112 cm³/mol. The van der Waals surface area contributed by atoms with E-state index in [9.17, 15) is 4.79 Å². The van der Waals surface area contributed by atoms with Gasteiger partial charge in [0.25, 0.3) is 5.91 Å². The number of carbonyl (C=O) groups is 1. The quantitative estimate of drug-likeness (QED) is 0.474. The van der Waals surface area contributed by atoms with E-state index in [4.69, 9.17) is 25.5 Å². The summed E-state index contributed by atoms with van der Waals surface area (Å²) in [5.74, 6) is 6.94. The largest absolute Gasteiger partial charge is 0.488 e. The molecule has 1 atom stereocenters. The van der Waals surface area contributed by atoms with Crippen molar-refractivity contribution in [3.63, 3.8) is 0 Å². The number of furan rings is 1. The van der Waals surface area contributed by atoms with Crippen LogP contribution in [0.15, 0.2) is 65.2 Å². The Morgan fingerprint density at radius 1 is 1.17 bits per heavy atom. The highest BCUT2D eigenvalue weighted by Crippen LogP contribution is 2.21. The molecule has 3 heterocycles. The summed E-state index contributed by atoms with van der Waals surface area (Å²) in [7, 11) is 0. The number of hydrogen-bond donors (Lipinski definition) is 0. The Morgan fingerprint density at radius 3 is 2.87 bits per heavy atom. The Bertz CT molecular complexity index is 1070. The maximum absolute atomic E-state index is 12.8. The molecule has 30 heavy (non-hydrogen) atoms. The smallest absolute Gasteiger partial charge is 0.289 e. The number of amides is 1. The lowest BCUT2D eigenvalue weighted by Gasteiger charge is -2.32. The number of carbonyl (C=O) groups excluding carboxylic acids is 1. The molecule has 0 radical (unpaired) electrons.